The molecule has 138 valence electrons. The molecule has 0 radical (unpaired) electrons. The second-order valence-electron chi connectivity index (χ2n) is 7.29. The molecule has 0 amide bonds. The Labute approximate surface area is 158 Å². The molecule has 27 heavy (non-hydrogen) atoms. The van der Waals surface area contributed by atoms with Crippen LogP contribution in [-0.4, -0.2) is 15.3 Å². The van der Waals surface area contributed by atoms with Crippen molar-refractivity contribution in [3.63, 3.8) is 0 Å². The lowest BCUT2D eigenvalue weighted by Crippen LogP contribution is -2.21. The van der Waals surface area contributed by atoms with E-state index in [4.69, 9.17) is 0 Å². The first-order valence-corrected chi connectivity index (χ1v) is 9.90. The van der Waals surface area contributed by atoms with Gasteiger partial charge < -0.3 is 0 Å². The lowest BCUT2D eigenvalue weighted by atomic mass is 10.0. The van der Waals surface area contributed by atoms with Gasteiger partial charge in [-0.3, -0.25) is 14.2 Å². The monoisotopic (exact) mass is 360 g/mol. The standard InChI is InChI=1S/C23H24N2O2/c1-2-3-4-5-6-7-10-16-13-14-20-18(15-16)21(26)22-24-19-12-9-8-11-17(19)23(27)25(20)22/h8-9,11-15H,2-7,10H2,1H3. The molecule has 2 heterocycles. The van der Waals surface area contributed by atoms with E-state index in [2.05, 4.69) is 11.9 Å². The van der Waals surface area contributed by atoms with Crippen molar-refractivity contribution in [2.45, 2.75) is 51.9 Å². The highest BCUT2D eigenvalue weighted by Gasteiger charge is 2.30. The maximum Gasteiger partial charge on any atom is 0.266 e. The number of hydrogen-bond acceptors (Lipinski definition) is 3. The molecule has 1 aliphatic heterocycles. The quantitative estimate of drug-likeness (QED) is 0.443. The Hall–Kier alpha value is -2.75. The van der Waals surface area contributed by atoms with Crippen molar-refractivity contribution < 1.29 is 4.79 Å². The van der Waals surface area contributed by atoms with Crippen LogP contribution in [0.2, 0.25) is 0 Å². The van der Waals surface area contributed by atoms with Gasteiger partial charge in [0.1, 0.15) is 0 Å². The summed E-state index contributed by atoms with van der Waals surface area (Å²) in [4.78, 5) is 30.2. The molecule has 0 saturated heterocycles. The molecule has 1 aromatic heterocycles. The molecular formula is C23H24N2O2. The summed E-state index contributed by atoms with van der Waals surface area (Å²) in [5.74, 6) is 0.0723. The van der Waals surface area contributed by atoms with E-state index < -0.39 is 0 Å². The van der Waals surface area contributed by atoms with Crippen LogP contribution in [0.4, 0.5) is 0 Å². The Morgan fingerprint density at radius 3 is 2.56 bits per heavy atom. The van der Waals surface area contributed by atoms with Crippen LogP contribution in [0, 0.1) is 0 Å². The second kappa shape index (κ2) is 7.47. The first-order valence-electron chi connectivity index (χ1n) is 9.90. The molecule has 1 aliphatic rings. The minimum absolute atomic E-state index is 0.155. The van der Waals surface area contributed by atoms with Crippen LogP contribution >= 0.6 is 0 Å². The third-order valence-corrected chi connectivity index (χ3v) is 5.34. The van der Waals surface area contributed by atoms with Crippen molar-refractivity contribution >= 4 is 16.7 Å². The van der Waals surface area contributed by atoms with Crippen molar-refractivity contribution in [3.05, 3.63) is 69.8 Å². The topological polar surface area (TPSA) is 52.0 Å². The van der Waals surface area contributed by atoms with Crippen LogP contribution in [0.1, 0.15) is 67.2 Å². The maximum absolute atomic E-state index is 12.9. The number of aromatic nitrogens is 2. The first-order chi connectivity index (χ1) is 13.2. The molecular weight excluding hydrogens is 336 g/mol. The van der Waals surface area contributed by atoms with Gasteiger partial charge in [0.05, 0.1) is 22.2 Å². The van der Waals surface area contributed by atoms with Gasteiger partial charge in [-0.2, -0.15) is 0 Å². The fraction of sp³-hybridized carbons (Fsp3) is 0.348. The number of hydrogen-bond donors (Lipinski definition) is 0. The van der Waals surface area contributed by atoms with Gasteiger partial charge in [0.2, 0.25) is 5.78 Å². The predicted octanol–water partition coefficient (Wildman–Crippen LogP) is 4.83. The summed E-state index contributed by atoms with van der Waals surface area (Å²) in [5.41, 5.74) is 2.81. The number of nitrogens with zero attached hydrogens (tertiary/aromatic N) is 2. The number of rotatable bonds is 7. The predicted molar refractivity (Wildman–Crippen MR) is 108 cm³/mol. The van der Waals surface area contributed by atoms with Gasteiger partial charge in [-0.15, -0.1) is 0 Å². The third-order valence-electron chi connectivity index (χ3n) is 5.34. The number of unbranched alkanes of at least 4 members (excludes halogenated alkanes) is 5. The molecule has 0 atom stereocenters. The van der Waals surface area contributed by atoms with Crippen LogP contribution in [0.25, 0.3) is 16.6 Å². The SMILES string of the molecule is CCCCCCCCc1ccc2c(c1)C(=O)c1nc3ccccc3c(=O)n1-2. The molecule has 0 unspecified atom stereocenters. The summed E-state index contributed by atoms with van der Waals surface area (Å²) in [6.45, 7) is 2.22. The van der Waals surface area contributed by atoms with Crippen molar-refractivity contribution in [1.29, 1.82) is 0 Å². The Balaban J connectivity index is 1.60. The van der Waals surface area contributed by atoms with E-state index in [0.717, 1.165) is 18.4 Å². The van der Waals surface area contributed by atoms with Gasteiger partial charge in [-0.05, 0) is 42.7 Å². The van der Waals surface area contributed by atoms with Crippen molar-refractivity contribution in [3.8, 4) is 5.69 Å². The molecule has 4 heteroatoms. The Morgan fingerprint density at radius 2 is 1.70 bits per heavy atom. The fourth-order valence-electron chi connectivity index (χ4n) is 3.85. The summed E-state index contributed by atoms with van der Waals surface area (Å²) in [6, 6.07) is 13.1. The lowest BCUT2D eigenvalue weighted by Gasteiger charge is -2.07. The van der Waals surface area contributed by atoms with Crippen LogP contribution in [0.5, 0.6) is 0 Å². The smallest absolute Gasteiger partial charge is 0.266 e. The summed E-state index contributed by atoms with van der Waals surface area (Å²) in [7, 11) is 0. The number of ketones is 1. The molecule has 2 aromatic carbocycles. The highest BCUT2D eigenvalue weighted by atomic mass is 16.1. The molecule has 0 saturated carbocycles. The summed E-state index contributed by atoms with van der Waals surface area (Å²) in [5, 5.41) is 0.540. The van der Waals surface area contributed by atoms with Crippen LogP contribution in [-0.2, 0) is 6.42 Å². The van der Waals surface area contributed by atoms with E-state index in [1.54, 1.807) is 12.1 Å². The largest absolute Gasteiger partial charge is 0.285 e. The highest BCUT2D eigenvalue weighted by molar-refractivity contribution is 6.13. The average molecular weight is 360 g/mol. The molecule has 4 rings (SSSR count). The van der Waals surface area contributed by atoms with Crippen molar-refractivity contribution in [2.75, 3.05) is 0 Å². The van der Waals surface area contributed by atoms with E-state index in [1.165, 1.54) is 36.7 Å². The maximum atomic E-state index is 12.9. The molecule has 3 aromatic rings. The Kier molecular flexibility index (Phi) is 4.88. The lowest BCUT2D eigenvalue weighted by molar-refractivity contribution is 0.103. The second-order valence-corrected chi connectivity index (χ2v) is 7.29. The molecule has 0 spiro atoms. The van der Waals surface area contributed by atoms with Gasteiger partial charge in [-0.1, -0.05) is 57.2 Å². The minimum atomic E-state index is -0.175. The number of para-hydroxylation sites is 1. The first kappa shape index (κ1) is 17.7. The highest BCUT2D eigenvalue weighted by Crippen LogP contribution is 2.27. The van der Waals surface area contributed by atoms with Crippen molar-refractivity contribution in [2.24, 2.45) is 0 Å². The zero-order valence-electron chi connectivity index (χ0n) is 15.7. The van der Waals surface area contributed by atoms with Gasteiger partial charge >= 0.3 is 0 Å². The van der Waals surface area contributed by atoms with E-state index in [1.807, 2.05) is 30.3 Å². The Morgan fingerprint density at radius 1 is 0.926 bits per heavy atom. The normalized spacial score (nSPS) is 12.4. The summed E-state index contributed by atoms with van der Waals surface area (Å²) >= 11 is 0. The van der Waals surface area contributed by atoms with E-state index in [0.29, 0.717) is 22.2 Å². The van der Waals surface area contributed by atoms with Gasteiger partial charge in [0, 0.05) is 0 Å². The van der Waals surface area contributed by atoms with Crippen LogP contribution in [0.15, 0.2) is 47.3 Å². The molecule has 0 bridgehead atoms. The number of benzene rings is 2. The van der Waals surface area contributed by atoms with E-state index >= 15 is 0 Å². The number of aryl methyl sites for hydroxylation is 1. The van der Waals surface area contributed by atoms with E-state index in [9.17, 15) is 9.59 Å². The van der Waals surface area contributed by atoms with Gasteiger partial charge in [-0.25, -0.2) is 4.98 Å². The van der Waals surface area contributed by atoms with Crippen LogP contribution < -0.4 is 5.56 Å². The van der Waals surface area contributed by atoms with E-state index in [-0.39, 0.29) is 17.2 Å². The average Bonchev–Trinajstić information content (AvgIpc) is 2.97. The summed E-state index contributed by atoms with van der Waals surface area (Å²) in [6.07, 6.45) is 8.46. The minimum Gasteiger partial charge on any atom is -0.285 e. The Bertz CT molecular complexity index is 1070. The number of carbonyl (C=O) groups is 1. The molecule has 0 aliphatic carbocycles. The molecule has 4 nitrogen and oxygen atoms in total. The third kappa shape index (κ3) is 3.20. The molecule has 0 fully saturated rings. The fourth-order valence-corrected chi connectivity index (χ4v) is 3.85. The van der Waals surface area contributed by atoms with Gasteiger partial charge in [0.25, 0.3) is 5.56 Å². The zero-order chi connectivity index (χ0) is 18.8. The zero-order valence-corrected chi connectivity index (χ0v) is 15.7. The summed E-state index contributed by atoms with van der Waals surface area (Å²) < 4.78 is 1.47. The van der Waals surface area contributed by atoms with Crippen LogP contribution in [0.3, 0.4) is 0 Å². The molecule has 0 N–H and O–H groups in total. The van der Waals surface area contributed by atoms with Gasteiger partial charge in [0.15, 0.2) is 5.82 Å². The van der Waals surface area contributed by atoms with Crippen molar-refractivity contribution in [1.82, 2.24) is 9.55 Å². The number of carbonyl (C=O) groups excluding carboxylic acids is 1. The number of fused-ring (bicyclic) bond motifs is 4.